The Labute approximate surface area is 122 Å². The molecule has 7 nitrogen and oxygen atoms in total. The zero-order chi connectivity index (χ0) is 14.7. The molecule has 0 radical (unpaired) electrons. The van der Waals surface area contributed by atoms with E-state index in [0.717, 1.165) is 0 Å². The van der Waals surface area contributed by atoms with Gasteiger partial charge >= 0.3 is 0 Å². The van der Waals surface area contributed by atoms with Gasteiger partial charge < -0.3 is 21.7 Å². The highest BCUT2D eigenvalue weighted by atomic mass is 32.1. The van der Waals surface area contributed by atoms with Crippen molar-refractivity contribution in [3.63, 3.8) is 0 Å². The molecule has 2 aromatic heterocycles. The third kappa shape index (κ3) is 2.96. The summed E-state index contributed by atoms with van der Waals surface area (Å²) < 4.78 is 0. The lowest BCUT2D eigenvalue weighted by molar-refractivity contribution is -0.123. The van der Waals surface area contributed by atoms with Crippen LogP contribution in [0.15, 0.2) is 10.8 Å². The Morgan fingerprint density at radius 2 is 1.45 bits per heavy atom. The summed E-state index contributed by atoms with van der Waals surface area (Å²) in [6.07, 6.45) is 0. The summed E-state index contributed by atoms with van der Waals surface area (Å²) >= 11 is 2.38. The monoisotopic (exact) mass is 314 g/mol. The fourth-order valence-corrected chi connectivity index (χ4v) is 3.06. The average molecular weight is 314 g/mol. The first-order chi connectivity index (χ1) is 9.56. The number of carbonyl (C=O) groups excluding carboxylic acids is 1. The van der Waals surface area contributed by atoms with Crippen molar-refractivity contribution < 1.29 is 15.0 Å². The van der Waals surface area contributed by atoms with Gasteiger partial charge in [-0.25, -0.2) is 9.97 Å². The summed E-state index contributed by atoms with van der Waals surface area (Å²) in [6.45, 7) is -0.809. The predicted molar refractivity (Wildman–Crippen MR) is 77.7 cm³/mol. The first kappa shape index (κ1) is 14.9. The number of Topliss-reactive ketones (excluding diaryl/α,β-unsaturated/α-hetero) is 1. The number of rotatable bonds is 6. The molecule has 20 heavy (non-hydrogen) atoms. The maximum atomic E-state index is 12.5. The largest absolute Gasteiger partial charge is 0.395 e. The lowest BCUT2D eigenvalue weighted by Crippen LogP contribution is -2.26. The van der Waals surface area contributed by atoms with Crippen LogP contribution in [-0.2, 0) is 4.79 Å². The van der Waals surface area contributed by atoms with Crippen molar-refractivity contribution in [2.45, 2.75) is 11.8 Å². The number of hydrogen-bond acceptors (Lipinski definition) is 9. The summed E-state index contributed by atoms with van der Waals surface area (Å²) in [6, 6.07) is 0. The molecule has 0 amide bonds. The van der Waals surface area contributed by atoms with Gasteiger partial charge in [0.25, 0.3) is 0 Å². The van der Waals surface area contributed by atoms with Crippen molar-refractivity contribution in [3.05, 3.63) is 22.1 Å². The number of thiazole rings is 2. The van der Waals surface area contributed by atoms with Crippen molar-refractivity contribution in [2.75, 3.05) is 24.7 Å². The van der Waals surface area contributed by atoms with E-state index in [9.17, 15) is 15.0 Å². The number of aromatic nitrogens is 2. The van der Waals surface area contributed by atoms with Crippen LogP contribution >= 0.6 is 22.7 Å². The van der Waals surface area contributed by atoms with Gasteiger partial charge in [0, 0.05) is 10.8 Å². The van der Waals surface area contributed by atoms with Gasteiger partial charge in [0.15, 0.2) is 16.0 Å². The molecule has 0 fully saturated rings. The fraction of sp³-hybridized carbons (Fsp3) is 0.364. The maximum absolute atomic E-state index is 12.5. The van der Waals surface area contributed by atoms with Gasteiger partial charge in [0.05, 0.1) is 36.4 Å². The molecule has 0 aliphatic carbocycles. The van der Waals surface area contributed by atoms with Crippen LogP contribution in [0.3, 0.4) is 0 Å². The Morgan fingerprint density at radius 3 is 1.70 bits per heavy atom. The van der Waals surface area contributed by atoms with Crippen LogP contribution in [0.2, 0.25) is 0 Å². The van der Waals surface area contributed by atoms with Gasteiger partial charge in [-0.05, 0) is 0 Å². The van der Waals surface area contributed by atoms with E-state index in [0.29, 0.717) is 21.7 Å². The van der Waals surface area contributed by atoms with Crippen LogP contribution < -0.4 is 11.5 Å². The molecule has 0 aliphatic heterocycles. The molecular weight excluding hydrogens is 300 g/mol. The molecule has 0 saturated heterocycles. The van der Waals surface area contributed by atoms with E-state index in [1.807, 2.05) is 0 Å². The molecule has 2 unspecified atom stereocenters. The molecule has 9 heteroatoms. The zero-order valence-electron chi connectivity index (χ0n) is 10.4. The molecule has 0 spiro atoms. The first-order valence-corrected chi connectivity index (χ1v) is 7.50. The lowest BCUT2D eigenvalue weighted by atomic mass is 9.90. The number of carbonyl (C=O) groups is 1. The number of aliphatic hydroxyl groups excluding tert-OH is 2. The number of nitrogen functional groups attached to an aromatic ring is 2. The standard InChI is InChI=1S/C11H14N4O3S2/c12-10-14-7(3-19-10)5(1-16)9(18)6(2-17)8-4-20-11(13)15-8/h3-6,16-17H,1-2H2,(H2,12,14)(H2,13,15). The third-order valence-corrected chi connectivity index (χ3v) is 4.23. The summed E-state index contributed by atoms with van der Waals surface area (Å²) in [7, 11) is 0. The number of aliphatic hydroxyl groups is 2. The number of ketones is 1. The van der Waals surface area contributed by atoms with Crippen LogP contribution in [0.25, 0.3) is 0 Å². The number of nitrogens with two attached hydrogens (primary N) is 2. The van der Waals surface area contributed by atoms with E-state index in [1.165, 1.54) is 22.7 Å². The summed E-state index contributed by atoms with van der Waals surface area (Å²) in [4.78, 5) is 20.5. The van der Waals surface area contributed by atoms with Crippen molar-refractivity contribution >= 4 is 38.7 Å². The van der Waals surface area contributed by atoms with Crippen LogP contribution in [0.1, 0.15) is 23.2 Å². The zero-order valence-corrected chi connectivity index (χ0v) is 12.0. The Hall–Kier alpha value is -1.55. The van der Waals surface area contributed by atoms with E-state index in [1.54, 1.807) is 10.8 Å². The fourth-order valence-electron chi connectivity index (χ4n) is 1.82. The van der Waals surface area contributed by atoms with Gasteiger partial charge in [-0.15, -0.1) is 22.7 Å². The minimum absolute atomic E-state index is 0.324. The van der Waals surface area contributed by atoms with Gasteiger partial charge in [-0.3, -0.25) is 4.79 Å². The topological polar surface area (TPSA) is 135 Å². The molecule has 6 N–H and O–H groups in total. The predicted octanol–water partition coefficient (Wildman–Crippen LogP) is 0.185. The lowest BCUT2D eigenvalue weighted by Gasteiger charge is -2.16. The Morgan fingerprint density at radius 1 is 1.05 bits per heavy atom. The van der Waals surface area contributed by atoms with Crippen LogP contribution in [0.5, 0.6) is 0 Å². The van der Waals surface area contributed by atoms with Gasteiger partial charge in [0.2, 0.25) is 0 Å². The average Bonchev–Trinajstić information content (AvgIpc) is 3.01. The minimum atomic E-state index is -0.830. The molecule has 2 aromatic rings. The molecule has 0 aliphatic rings. The maximum Gasteiger partial charge on any atom is 0.180 e. The Balaban J connectivity index is 2.26. The molecule has 2 heterocycles. The second-order valence-corrected chi connectivity index (χ2v) is 5.87. The minimum Gasteiger partial charge on any atom is -0.395 e. The van der Waals surface area contributed by atoms with Gasteiger partial charge in [0.1, 0.15) is 0 Å². The number of nitrogens with zero attached hydrogens (tertiary/aromatic N) is 2. The van der Waals surface area contributed by atoms with E-state index in [4.69, 9.17) is 11.5 Å². The van der Waals surface area contributed by atoms with Crippen molar-refractivity contribution in [3.8, 4) is 0 Å². The van der Waals surface area contributed by atoms with E-state index < -0.39 is 25.0 Å². The van der Waals surface area contributed by atoms with Gasteiger partial charge in [-0.1, -0.05) is 0 Å². The number of hydrogen-bond donors (Lipinski definition) is 4. The van der Waals surface area contributed by atoms with E-state index in [-0.39, 0.29) is 5.78 Å². The summed E-state index contributed by atoms with van der Waals surface area (Å²) in [5.41, 5.74) is 11.9. The second-order valence-electron chi connectivity index (χ2n) is 4.09. The summed E-state index contributed by atoms with van der Waals surface area (Å²) in [5, 5.41) is 22.8. The first-order valence-electron chi connectivity index (χ1n) is 5.74. The smallest absolute Gasteiger partial charge is 0.180 e. The molecule has 2 rings (SSSR count). The normalized spacial score (nSPS) is 14.1. The van der Waals surface area contributed by atoms with Crippen molar-refractivity contribution in [2.24, 2.45) is 0 Å². The van der Waals surface area contributed by atoms with Gasteiger partial charge in [-0.2, -0.15) is 0 Å². The van der Waals surface area contributed by atoms with Crippen molar-refractivity contribution in [1.82, 2.24) is 9.97 Å². The quantitative estimate of drug-likeness (QED) is 0.597. The molecule has 0 aromatic carbocycles. The molecule has 2 atom stereocenters. The third-order valence-electron chi connectivity index (χ3n) is 2.85. The van der Waals surface area contributed by atoms with Crippen LogP contribution in [-0.4, -0.2) is 39.2 Å². The Kier molecular flexibility index (Phi) is 4.65. The highest BCUT2D eigenvalue weighted by Gasteiger charge is 2.31. The molecular formula is C11H14N4O3S2. The number of anilines is 2. The van der Waals surface area contributed by atoms with Crippen LogP contribution in [0, 0.1) is 0 Å². The molecule has 0 bridgehead atoms. The molecule has 108 valence electrons. The highest BCUT2D eigenvalue weighted by molar-refractivity contribution is 7.13. The van der Waals surface area contributed by atoms with E-state index >= 15 is 0 Å². The van der Waals surface area contributed by atoms with E-state index in [2.05, 4.69) is 9.97 Å². The Bertz CT molecular complexity index is 548. The van der Waals surface area contributed by atoms with Crippen LogP contribution in [0.4, 0.5) is 10.3 Å². The second kappa shape index (κ2) is 6.27. The molecule has 0 saturated carbocycles. The SMILES string of the molecule is Nc1nc(C(CO)C(=O)C(CO)c2csc(N)n2)cs1. The van der Waals surface area contributed by atoms with Crippen molar-refractivity contribution in [1.29, 1.82) is 0 Å². The summed E-state index contributed by atoms with van der Waals surface area (Å²) in [5.74, 6) is -2.02. The highest BCUT2D eigenvalue weighted by Crippen LogP contribution is 2.28.